The third-order valence-corrected chi connectivity index (χ3v) is 3.32. The van der Waals surface area contributed by atoms with E-state index in [0.717, 1.165) is 20.0 Å². The summed E-state index contributed by atoms with van der Waals surface area (Å²) in [6.45, 7) is 0. The Hall–Kier alpha value is -1.61. The third kappa shape index (κ3) is 1.44. The molecule has 0 aliphatic heterocycles. The lowest BCUT2D eigenvalue weighted by atomic mass is 10.1. The number of hydrogen-bond donors (Lipinski definition) is 1. The largest absolute Gasteiger partial charge is 0.285 e. The van der Waals surface area contributed by atoms with E-state index in [4.69, 9.17) is 0 Å². The van der Waals surface area contributed by atoms with Crippen LogP contribution in [-0.2, 0) is 0 Å². The summed E-state index contributed by atoms with van der Waals surface area (Å²) in [5.41, 5.74) is 0. The first-order chi connectivity index (χ1) is 7.74. The molecule has 1 aromatic heterocycles. The third-order valence-electron chi connectivity index (χ3n) is 2.69. The molecule has 1 N–H and O–H groups in total. The fourth-order valence-corrected chi connectivity index (χ4v) is 2.49. The van der Waals surface area contributed by atoms with Gasteiger partial charge in [0.15, 0.2) is 0 Å². The van der Waals surface area contributed by atoms with E-state index < -0.39 is 0 Å². The minimum absolute atomic E-state index is 0.887. The molecule has 0 spiro atoms. The zero-order valence-corrected chi connectivity index (χ0v) is 9.98. The minimum atomic E-state index is 0.887. The Morgan fingerprint density at radius 3 is 2.38 bits per heavy atom. The molecule has 0 aliphatic rings. The minimum Gasteiger partial charge on any atom is -0.285 e. The second-order valence-corrected chi connectivity index (χ2v) is 4.63. The molecule has 16 heavy (non-hydrogen) atoms. The molecule has 3 heteroatoms. The molecule has 3 rings (SSSR count). The first-order valence-electron chi connectivity index (χ1n) is 4.96. The van der Waals surface area contributed by atoms with Gasteiger partial charge in [0.1, 0.15) is 0 Å². The van der Waals surface area contributed by atoms with Gasteiger partial charge in [-0.25, -0.2) is 0 Å². The molecule has 0 atom stereocenters. The van der Waals surface area contributed by atoms with Crippen molar-refractivity contribution in [2.24, 2.45) is 0 Å². The van der Waals surface area contributed by atoms with Crippen LogP contribution in [0.15, 0.2) is 53.3 Å². The fourth-order valence-electron chi connectivity index (χ4n) is 1.94. The van der Waals surface area contributed by atoms with Crippen molar-refractivity contribution in [1.29, 1.82) is 0 Å². The van der Waals surface area contributed by atoms with Crippen LogP contribution < -0.4 is 4.73 Å². The highest BCUT2D eigenvalue weighted by Gasteiger charge is 2.08. The SMILES string of the molecule is O[n+]1cc(Br)c2cc3ccccc3cc2c1. The van der Waals surface area contributed by atoms with Crippen LogP contribution in [0.4, 0.5) is 0 Å². The summed E-state index contributed by atoms with van der Waals surface area (Å²) in [4.78, 5) is 0. The number of aromatic nitrogens is 1. The van der Waals surface area contributed by atoms with Gasteiger partial charge in [-0.3, -0.25) is 5.21 Å². The van der Waals surface area contributed by atoms with Crippen molar-refractivity contribution in [1.82, 2.24) is 0 Å². The maximum Gasteiger partial charge on any atom is 0.237 e. The predicted molar refractivity (Wildman–Crippen MR) is 66.5 cm³/mol. The predicted octanol–water partition coefficient (Wildman–Crippen LogP) is 3.28. The number of benzene rings is 2. The first-order valence-corrected chi connectivity index (χ1v) is 5.76. The Labute approximate surface area is 101 Å². The molecule has 0 saturated carbocycles. The summed E-state index contributed by atoms with van der Waals surface area (Å²) in [6.07, 6.45) is 3.34. The zero-order valence-electron chi connectivity index (χ0n) is 8.39. The monoisotopic (exact) mass is 274 g/mol. The Morgan fingerprint density at radius 1 is 0.938 bits per heavy atom. The van der Waals surface area contributed by atoms with Gasteiger partial charge in [0.25, 0.3) is 0 Å². The van der Waals surface area contributed by atoms with E-state index in [2.05, 4.69) is 40.2 Å². The second-order valence-electron chi connectivity index (χ2n) is 3.77. The number of rotatable bonds is 0. The van der Waals surface area contributed by atoms with E-state index in [-0.39, 0.29) is 0 Å². The van der Waals surface area contributed by atoms with E-state index in [1.165, 1.54) is 10.8 Å². The Bertz CT molecular complexity index is 694. The van der Waals surface area contributed by atoms with Gasteiger partial charge in [-0.1, -0.05) is 24.3 Å². The van der Waals surface area contributed by atoms with Gasteiger partial charge in [-0.05, 0) is 38.8 Å². The van der Waals surface area contributed by atoms with Crippen molar-refractivity contribution in [2.45, 2.75) is 0 Å². The smallest absolute Gasteiger partial charge is 0.237 e. The number of fused-ring (bicyclic) bond motifs is 2. The van der Waals surface area contributed by atoms with Gasteiger partial charge in [-0.2, -0.15) is 0 Å². The highest BCUT2D eigenvalue weighted by molar-refractivity contribution is 9.10. The van der Waals surface area contributed by atoms with Crippen LogP contribution in [0.3, 0.4) is 0 Å². The summed E-state index contributed by atoms with van der Waals surface area (Å²) in [7, 11) is 0. The van der Waals surface area contributed by atoms with E-state index in [0.29, 0.717) is 0 Å². The fraction of sp³-hybridized carbons (Fsp3) is 0. The summed E-state index contributed by atoms with van der Waals surface area (Å²) < 4.78 is 1.96. The van der Waals surface area contributed by atoms with Gasteiger partial charge in [0, 0.05) is 10.1 Å². The zero-order chi connectivity index (χ0) is 11.1. The standard InChI is InChI=1S/C13H9BrNO/c14-13-8-15(16)7-11-5-9-3-1-2-4-10(9)6-12(11)13/h1-8,16H/q+1. The molecule has 0 amide bonds. The molecule has 0 fully saturated rings. The van der Waals surface area contributed by atoms with E-state index >= 15 is 0 Å². The first kappa shape index (κ1) is 9.60. The van der Waals surface area contributed by atoms with Crippen LogP contribution in [0.25, 0.3) is 21.5 Å². The Morgan fingerprint density at radius 2 is 1.62 bits per heavy atom. The average molecular weight is 275 g/mol. The van der Waals surface area contributed by atoms with Gasteiger partial charge < -0.3 is 0 Å². The van der Waals surface area contributed by atoms with Crippen molar-refractivity contribution in [3.63, 3.8) is 0 Å². The molecule has 2 aromatic carbocycles. The molecule has 0 radical (unpaired) electrons. The van der Waals surface area contributed by atoms with Crippen molar-refractivity contribution >= 4 is 37.5 Å². The average Bonchev–Trinajstić information content (AvgIpc) is 2.27. The number of nitrogens with zero attached hydrogens (tertiary/aromatic N) is 1. The maximum absolute atomic E-state index is 9.47. The molecule has 1 heterocycles. The van der Waals surface area contributed by atoms with Crippen molar-refractivity contribution < 1.29 is 9.94 Å². The van der Waals surface area contributed by atoms with E-state index in [1.807, 2.05) is 12.1 Å². The highest BCUT2D eigenvalue weighted by atomic mass is 79.9. The van der Waals surface area contributed by atoms with Crippen LogP contribution in [-0.4, -0.2) is 5.21 Å². The normalized spacial score (nSPS) is 11.1. The molecular weight excluding hydrogens is 266 g/mol. The molecule has 0 saturated heterocycles. The van der Waals surface area contributed by atoms with Crippen LogP contribution in [0, 0.1) is 0 Å². The lowest BCUT2D eigenvalue weighted by molar-refractivity contribution is -0.904. The van der Waals surface area contributed by atoms with Gasteiger partial charge in [0.2, 0.25) is 12.4 Å². The number of hydrogen-bond acceptors (Lipinski definition) is 1. The number of halogens is 1. The van der Waals surface area contributed by atoms with E-state index in [9.17, 15) is 5.21 Å². The molecular formula is C13H9BrNO+. The Kier molecular flexibility index (Phi) is 2.07. The summed E-state index contributed by atoms with van der Waals surface area (Å²) in [5, 5.41) is 14.0. The summed E-state index contributed by atoms with van der Waals surface area (Å²) in [5.74, 6) is 0. The van der Waals surface area contributed by atoms with Crippen LogP contribution in [0.1, 0.15) is 0 Å². The van der Waals surface area contributed by atoms with Crippen LogP contribution in [0.5, 0.6) is 0 Å². The lowest BCUT2D eigenvalue weighted by Gasteiger charge is -2.01. The maximum atomic E-state index is 9.47. The molecule has 3 aromatic rings. The second kappa shape index (κ2) is 3.46. The molecule has 0 unspecified atom stereocenters. The van der Waals surface area contributed by atoms with Crippen molar-refractivity contribution in [2.75, 3.05) is 0 Å². The summed E-state index contributed by atoms with van der Waals surface area (Å²) in [6, 6.07) is 12.4. The van der Waals surface area contributed by atoms with Crippen LogP contribution in [0.2, 0.25) is 0 Å². The topological polar surface area (TPSA) is 24.1 Å². The Balaban J connectivity index is 2.51. The van der Waals surface area contributed by atoms with Crippen molar-refractivity contribution in [3.8, 4) is 0 Å². The molecule has 78 valence electrons. The quantitative estimate of drug-likeness (QED) is 0.380. The van der Waals surface area contributed by atoms with E-state index in [1.54, 1.807) is 12.4 Å². The highest BCUT2D eigenvalue weighted by Crippen LogP contribution is 2.26. The van der Waals surface area contributed by atoms with Gasteiger partial charge in [0.05, 0.1) is 9.86 Å². The lowest BCUT2D eigenvalue weighted by Crippen LogP contribution is -2.28. The van der Waals surface area contributed by atoms with Gasteiger partial charge in [-0.15, -0.1) is 0 Å². The molecule has 0 aliphatic carbocycles. The molecule has 2 nitrogen and oxygen atoms in total. The summed E-state index contributed by atoms with van der Waals surface area (Å²) >= 11 is 3.45. The van der Waals surface area contributed by atoms with Gasteiger partial charge >= 0.3 is 0 Å². The van der Waals surface area contributed by atoms with Crippen LogP contribution >= 0.6 is 15.9 Å². The molecule has 0 bridgehead atoms. The number of pyridine rings is 1. The van der Waals surface area contributed by atoms with Crippen molar-refractivity contribution in [3.05, 3.63) is 53.3 Å².